The van der Waals surface area contributed by atoms with Crippen molar-refractivity contribution >= 4 is 34.3 Å². The van der Waals surface area contributed by atoms with Gasteiger partial charge in [0.1, 0.15) is 10.6 Å². The van der Waals surface area contributed by atoms with E-state index in [9.17, 15) is 20.0 Å². The van der Waals surface area contributed by atoms with Crippen molar-refractivity contribution in [2.24, 2.45) is 5.10 Å². The molecule has 0 unspecified atom stereocenters. The van der Waals surface area contributed by atoms with Crippen molar-refractivity contribution in [1.82, 2.24) is 10.4 Å². The first-order chi connectivity index (χ1) is 11.9. The van der Waals surface area contributed by atoms with E-state index >= 15 is 0 Å². The summed E-state index contributed by atoms with van der Waals surface area (Å²) in [6.07, 6.45) is 1.71. The number of nitro groups is 1. The molecule has 0 aliphatic rings. The maximum Gasteiger partial charge on any atom is 0.283 e. The monoisotopic (exact) mass is 364 g/mol. The smallest absolute Gasteiger partial charge is 0.283 e. The van der Waals surface area contributed by atoms with Gasteiger partial charge in [0.2, 0.25) is 0 Å². The van der Waals surface area contributed by atoms with Crippen molar-refractivity contribution in [1.29, 1.82) is 0 Å². The van der Waals surface area contributed by atoms with Crippen LogP contribution in [0.4, 0.5) is 10.8 Å². The number of methoxy groups -OCH3 is 1. The molecule has 0 radical (unpaired) electrons. The fourth-order valence-electron chi connectivity index (χ4n) is 1.97. The van der Waals surface area contributed by atoms with Gasteiger partial charge in [-0.25, -0.2) is 10.4 Å². The van der Waals surface area contributed by atoms with Crippen LogP contribution in [0, 0.1) is 10.1 Å². The predicted octanol–water partition coefficient (Wildman–Crippen LogP) is 1.04. The highest BCUT2D eigenvalue weighted by molar-refractivity contribution is 7.17. The van der Waals surface area contributed by atoms with Crippen LogP contribution in [0.2, 0.25) is 0 Å². The number of hydrazone groups is 1. The Bertz CT molecular complexity index is 848. The van der Waals surface area contributed by atoms with Crippen molar-refractivity contribution in [2.45, 2.75) is 13.3 Å². The quantitative estimate of drug-likeness (QED) is 0.440. The van der Waals surface area contributed by atoms with Crippen molar-refractivity contribution in [3.05, 3.63) is 38.4 Å². The summed E-state index contributed by atoms with van der Waals surface area (Å²) in [5.41, 5.74) is 8.02. The molecule has 1 aromatic carbocycles. The number of nitrogens with zero attached hydrogens (tertiary/aromatic N) is 3. The summed E-state index contributed by atoms with van der Waals surface area (Å²) in [5, 5.41) is 26.7. The minimum Gasteiger partial charge on any atom is -0.865 e. The number of nitrogens with two attached hydrogens (primary N) is 1. The normalized spacial score (nSPS) is 10.8. The van der Waals surface area contributed by atoms with E-state index < -0.39 is 22.3 Å². The first kappa shape index (κ1) is 18.1. The van der Waals surface area contributed by atoms with Crippen LogP contribution in [0.3, 0.4) is 0 Å². The van der Waals surface area contributed by atoms with Gasteiger partial charge in [0, 0.05) is 17.4 Å². The molecular formula is C14H14N5O5S-. The Morgan fingerprint density at radius 2 is 2.28 bits per heavy atom. The third kappa shape index (κ3) is 4.01. The van der Waals surface area contributed by atoms with Gasteiger partial charge >= 0.3 is 0 Å². The number of anilines is 1. The predicted molar refractivity (Wildman–Crippen MR) is 90.1 cm³/mol. The van der Waals surface area contributed by atoms with Crippen LogP contribution in [0.15, 0.2) is 17.2 Å². The molecule has 0 aliphatic carbocycles. The van der Waals surface area contributed by atoms with Gasteiger partial charge in [-0.05, 0) is 12.5 Å². The number of nitrogens with one attached hydrogen (secondary N) is 1. The lowest BCUT2D eigenvalue weighted by Gasteiger charge is -2.12. The maximum atomic E-state index is 12.1. The Hall–Kier alpha value is -3.21. The fourth-order valence-corrected chi connectivity index (χ4v) is 2.78. The van der Waals surface area contributed by atoms with Gasteiger partial charge in [-0.2, -0.15) is 5.10 Å². The number of benzene rings is 1. The number of thiazole rings is 1. The van der Waals surface area contributed by atoms with E-state index in [1.807, 2.05) is 6.92 Å². The highest BCUT2D eigenvalue weighted by Crippen LogP contribution is 2.33. The Morgan fingerprint density at radius 1 is 1.56 bits per heavy atom. The molecular weight excluding hydrogens is 350 g/mol. The van der Waals surface area contributed by atoms with Crippen LogP contribution in [-0.2, 0) is 6.42 Å². The Morgan fingerprint density at radius 3 is 2.88 bits per heavy atom. The molecule has 25 heavy (non-hydrogen) atoms. The minimum atomic E-state index is -0.832. The molecule has 0 bridgehead atoms. The molecule has 2 rings (SSSR count). The molecule has 10 nitrogen and oxygen atoms in total. The number of ether oxygens (including phenoxy) is 1. The highest BCUT2D eigenvalue weighted by atomic mass is 32.1. The van der Waals surface area contributed by atoms with Gasteiger partial charge in [0.05, 0.1) is 23.9 Å². The number of carbonyl (C=O) groups excluding carboxylic acids is 1. The first-order valence-corrected chi connectivity index (χ1v) is 7.81. The van der Waals surface area contributed by atoms with E-state index in [2.05, 4.69) is 15.5 Å². The Balaban J connectivity index is 2.20. The third-order valence-corrected chi connectivity index (χ3v) is 4.03. The lowest BCUT2D eigenvalue weighted by Crippen LogP contribution is -2.17. The topological polar surface area (TPSA) is 156 Å². The summed E-state index contributed by atoms with van der Waals surface area (Å²) in [4.78, 5) is 26.6. The summed E-state index contributed by atoms with van der Waals surface area (Å²) in [7, 11) is 1.23. The standard InChI is InChI=1S/C14H15N5O5S/c1-3-8-12(25-14(15)17-8)13(21)18-16-6-7-4-9(19(22)23)11(20)10(5-7)24-2/h4-6,20H,3H2,1-2H3,(H2,15,17)(H,18,21)/p-1. The molecule has 0 saturated carbocycles. The lowest BCUT2D eigenvalue weighted by atomic mass is 10.2. The number of hydrogen-bond donors (Lipinski definition) is 2. The van der Waals surface area contributed by atoms with E-state index in [0.29, 0.717) is 17.0 Å². The number of nitrogen functional groups attached to an aromatic ring is 1. The zero-order valence-corrected chi connectivity index (χ0v) is 14.1. The van der Waals surface area contributed by atoms with Crippen LogP contribution >= 0.6 is 11.3 Å². The van der Waals surface area contributed by atoms with E-state index in [0.717, 1.165) is 17.4 Å². The van der Waals surface area contributed by atoms with E-state index in [4.69, 9.17) is 10.5 Å². The largest absolute Gasteiger partial charge is 0.865 e. The van der Waals surface area contributed by atoms with Crippen molar-refractivity contribution < 1.29 is 19.6 Å². The van der Waals surface area contributed by atoms with E-state index in [-0.39, 0.29) is 16.4 Å². The second kappa shape index (κ2) is 7.57. The number of carbonyl (C=O) groups is 1. The molecule has 132 valence electrons. The average molecular weight is 364 g/mol. The summed E-state index contributed by atoms with van der Waals surface area (Å²) in [6, 6.07) is 2.33. The van der Waals surface area contributed by atoms with Gasteiger partial charge in [-0.1, -0.05) is 18.3 Å². The van der Waals surface area contributed by atoms with Gasteiger partial charge in [-0.15, -0.1) is 0 Å². The van der Waals surface area contributed by atoms with Crippen LogP contribution in [0.25, 0.3) is 0 Å². The Kier molecular flexibility index (Phi) is 5.49. The summed E-state index contributed by atoms with van der Waals surface area (Å²) in [5.74, 6) is -1.52. The zero-order chi connectivity index (χ0) is 18.6. The van der Waals surface area contributed by atoms with Gasteiger partial charge < -0.3 is 15.6 Å². The van der Waals surface area contributed by atoms with Gasteiger partial charge in [0.25, 0.3) is 11.6 Å². The number of nitro benzene ring substituents is 1. The third-order valence-electron chi connectivity index (χ3n) is 3.11. The number of aromatic nitrogens is 1. The number of rotatable bonds is 6. The maximum absolute atomic E-state index is 12.1. The number of aryl methyl sites for hydroxylation is 1. The molecule has 1 aromatic heterocycles. The van der Waals surface area contributed by atoms with Crippen LogP contribution in [0.5, 0.6) is 11.5 Å². The summed E-state index contributed by atoms with van der Waals surface area (Å²) in [6.45, 7) is 1.84. The Labute approximate surface area is 146 Å². The fraction of sp³-hybridized carbons (Fsp3) is 0.214. The van der Waals surface area contributed by atoms with E-state index in [1.165, 1.54) is 19.4 Å². The molecule has 0 fully saturated rings. The molecule has 0 atom stereocenters. The van der Waals surface area contributed by atoms with Crippen LogP contribution < -0.4 is 21.0 Å². The molecule has 3 N–H and O–H groups in total. The van der Waals surface area contributed by atoms with E-state index in [1.54, 1.807) is 0 Å². The first-order valence-electron chi connectivity index (χ1n) is 6.99. The molecule has 1 heterocycles. The minimum absolute atomic E-state index is 0.189. The zero-order valence-electron chi connectivity index (χ0n) is 13.3. The summed E-state index contributed by atoms with van der Waals surface area (Å²) >= 11 is 1.04. The molecule has 0 saturated heterocycles. The van der Waals surface area contributed by atoms with Gasteiger partial charge in [0.15, 0.2) is 5.13 Å². The van der Waals surface area contributed by atoms with Crippen LogP contribution in [-0.4, -0.2) is 29.1 Å². The molecule has 0 spiro atoms. The molecule has 2 aromatic rings. The van der Waals surface area contributed by atoms with Crippen molar-refractivity contribution in [2.75, 3.05) is 12.8 Å². The molecule has 11 heteroatoms. The van der Waals surface area contributed by atoms with Crippen molar-refractivity contribution in [3.63, 3.8) is 0 Å². The molecule has 1 amide bonds. The highest BCUT2D eigenvalue weighted by Gasteiger charge is 2.16. The number of hydrogen-bond acceptors (Lipinski definition) is 9. The second-order valence-electron chi connectivity index (χ2n) is 4.71. The number of amides is 1. The van der Waals surface area contributed by atoms with Crippen molar-refractivity contribution in [3.8, 4) is 11.5 Å². The van der Waals surface area contributed by atoms with Gasteiger partial charge in [-0.3, -0.25) is 14.9 Å². The second-order valence-corrected chi connectivity index (χ2v) is 5.74. The lowest BCUT2D eigenvalue weighted by molar-refractivity contribution is -0.398. The average Bonchev–Trinajstić information content (AvgIpc) is 2.96. The SMILES string of the molecule is CCc1nc(N)sc1C(=O)NN=Cc1cc(OC)c([O-])c([N+](=O)[O-])c1. The molecule has 0 aliphatic heterocycles. The van der Waals surface area contributed by atoms with Crippen LogP contribution in [0.1, 0.15) is 27.9 Å². The summed E-state index contributed by atoms with van der Waals surface area (Å²) < 4.78 is 4.82.